The minimum Gasteiger partial charge on any atom is -0.316 e. The molecule has 1 unspecified atom stereocenters. The summed E-state index contributed by atoms with van der Waals surface area (Å²) < 4.78 is 28.4. The summed E-state index contributed by atoms with van der Waals surface area (Å²) in [4.78, 5) is 0. The van der Waals surface area contributed by atoms with E-state index in [0.29, 0.717) is 25.6 Å². The second-order valence-electron chi connectivity index (χ2n) is 5.49. The van der Waals surface area contributed by atoms with E-state index in [-0.39, 0.29) is 0 Å². The number of piperidine rings is 1. The van der Waals surface area contributed by atoms with Crippen molar-refractivity contribution < 1.29 is 8.42 Å². The van der Waals surface area contributed by atoms with Crippen LogP contribution in [0.2, 0.25) is 0 Å². The molecule has 2 heterocycles. The van der Waals surface area contributed by atoms with Crippen LogP contribution in [-0.2, 0) is 10.2 Å². The van der Waals surface area contributed by atoms with Gasteiger partial charge in [0, 0.05) is 19.6 Å². The van der Waals surface area contributed by atoms with Crippen molar-refractivity contribution >= 4 is 15.9 Å². The molecule has 0 bridgehead atoms. The summed E-state index contributed by atoms with van der Waals surface area (Å²) in [6, 6.07) is 9.35. The SMILES string of the molecule is O=S1(=O)N(CC2CCCNC2)CCN1c1ccccc1. The summed E-state index contributed by atoms with van der Waals surface area (Å²) in [6.07, 6.45) is 2.26. The predicted molar refractivity (Wildman–Crippen MR) is 79.9 cm³/mol. The third-order valence-electron chi connectivity index (χ3n) is 4.06. The molecule has 0 aliphatic carbocycles. The largest absolute Gasteiger partial charge is 0.316 e. The first-order chi connectivity index (χ1) is 9.68. The molecule has 0 saturated carbocycles. The first kappa shape index (κ1) is 13.9. The summed E-state index contributed by atoms with van der Waals surface area (Å²) in [5.74, 6) is 0.439. The zero-order valence-electron chi connectivity index (χ0n) is 11.5. The van der Waals surface area contributed by atoms with Gasteiger partial charge in [0.2, 0.25) is 0 Å². The molecular weight excluding hydrogens is 274 g/mol. The highest BCUT2D eigenvalue weighted by molar-refractivity contribution is 7.90. The van der Waals surface area contributed by atoms with Crippen LogP contribution in [0.5, 0.6) is 0 Å². The average molecular weight is 295 g/mol. The van der Waals surface area contributed by atoms with Crippen LogP contribution < -0.4 is 9.62 Å². The molecule has 0 aromatic heterocycles. The molecule has 0 amide bonds. The number of hydrogen-bond donors (Lipinski definition) is 1. The number of rotatable bonds is 3. The number of anilines is 1. The van der Waals surface area contributed by atoms with Gasteiger partial charge in [0.05, 0.1) is 5.69 Å². The maximum absolute atomic E-state index is 12.6. The second kappa shape index (κ2) is 5.71. The van der Waals surface area contributed by atoms with E-state index in [9.17, 15) is 8.42 Å². The molecular formula is C14H21N3O2S. The molecule has 20 heavy (non-hydrogen) atoms. The topological polar surface area (TPSA) is 52.7 Å². The normalized spacial score (nSPS) is 26.8. The van der Waals surface area contributed by atoms with Crippen molar-refractivity contribution in [2.24, 2.45) is 5.92 Å². The zero-order valence-corrected chi connectivity index (χ0v) is 12.3. The zero-order chi connectivity index (χ0) is 14.0. The van der Waals surface area contributed by atoms with Crippen LogP contribution in [0.25, 0.3) is 0 Å². The lowest BCUT2D eigenvalue weighted by Gasteiger charge is -2.27. The number of nitrogens with zero attached hydrogens (tertiary/aromatic N) is 2. The number of nitrogens with one attached hydrogen (secondary N) is 1. The molecule has 6 heteroatoms. The molecule has 3 rings (SSSR count). The van der Waals surface area contributed by atoms with Gasteiger partial charge in [0.1, 0.15) is 0 Å². The van der Waals surface area contributed by atoms with Crippen LogP contribution in [-0.4, -0.2) is 45.4 Å². The van der Waals surface area contributed by atoms with Crippen LogP contribution in [0.1, 0.15) is 12.8 Å². The molecule has 1 N–H and O–H groups in total. The molecule has 1 aromatic rings. The van der Waals surface area contributed by atoms with Crippen LogP contribution in [0.4, 0.5) is 5.69 Å². The van der Waals surface area contributed by atoms with Crippen molar-refractivity contribution in [3.05, 3.63) is 30.3 Å². The standard InChI is InChI=1S/C14H21N3O2S/c18-20(19)16(12-13-5-4-8-15-11-13)9-10-17(20)14-6-2-1-3-7-14/h1-3,6-7,13,15H,4-5,8-12H2. The fourth-order valence-corrected chi connectivity index (χ4v) is 4.67. The third-order valence-corrected chi connectivity index (χ3v) is 6.00. The Balaban J connectivity index is 1.72. The van der Waals surface area contributed by atoms with Crippen molar-refractivity contribution in [3.8, 4) is 0 Å². The summed E-state index contributed by atoms with van der Waals surface area (Å²) in [7, 11) is -3.34. The predicted octanol–water partition coefficient (Wildman–Crippen LogP) is 1.05. The molecule has 5 nitrogen and oxygen atoms in total. The molecule has 0 radical (unpaired) electrons. The Kier molecular flexibility index (Phi) is 3.96. The molecule has 1 aromatic carbocycles. The van der Waals surface area contributed by atoms with E-state index >= 15 is 0 Å². The first-order valence-corrected chi connectivity index (χ1v) is 8.61. The molecule has 110 valence electrons. The number of benzene rings is 1. The fraction of sp³-hybridized carbons (Fsp3) is 0.571. The minimum absolute atomic E-state index is 0.439. The Bertz CT molecular complexity index is 541. The lowest BCUT2D eigenvalue weighted by Crippen LogP contribution is -2.40. The summed E-state index contributed by atoms with van der Waals surface area (Å²) in [5.41, 5.74) is 0.761. The van der Waals surface area contributed by atoms with E-state index < -0.39 is 10.2 Å². The van der Waals surface area contributed by atoms with Gasteiger partial charge in [0.15, 0.2) is 0 Å². The van der Waals surface area contributed by atoms with Gasteiger partial charge in [-0.05, 0) is 44.0 Å². The molecule has 2 saturated heterocycles. The lowest BCUT2D eigenvalue weighted by molar-refractivity contribution is 0.304. The lowest BCUT2D eigenvalue weighted by atomic mass is 10.00. The third kappa shape index (κ3) is 2.68. The van der Waals surface area contributed by atoms with Crippen LogP contribution in [0.3, 0.4) is 0 Å². The number of para-hydroxylation sites is 1. The fourth-order valence-electron chi connectivity index (χ4n) is 2.98. The Morgan fingerprint density at radius 3 is 2.70 bits per heavy atom. The van der Waals surface area contributed by atoms with E-state index in [4.69, 9.17) is 0 Å². The number of hydrogen-bond acceptors (Lipinski definition) is 3. The highest BCUT2D eigenvalue weighted by atomic mass is 32.2. The van der Waals surface area contributed by atoms with E-state index in [1.54, 1.807) is 4.31 Å². The smallest absolute Gasteiger partial charge is 0.304 e. The van der Waals surface area contributed by atoms with Gasteiger partial charge in [-0.1, -0.05) is 18.2 Å². The molecule has 0 spiro atoms. The average Bonchev–Trinajstić information content (AvgIpc) is 2.76. The maximum Gasteiger partial charge on any atom is 0.304 e. The highest BCUT2D eigenvalue weighted by Crippen LogP contribution is 2.26. The van der Waals surface area contributed by atoms with Crippen molar-refractivity contribution in [3.63, 3.8) is 0 Å². The second-order valence-corrected chi connectivity index (χ2v) is 7.34. The van der Waals surface area contributed by atoms with Gasteiger partial charge in [0.25, 0.3) is 0 Å². The van der Waals surface area contributed by atoms with Crippen molar-refractivity contribution in [1.82, 2.24) is 9.62 Å². The van der Waals surface area contributed by atoms with E-state index in [1.165, 1.54) is 4.31 Å². The van der Waals surface area contributed by atoms with E-state index in [2.05, 4.69) is 5.32 Å². The molecule has 2 aliphatic heterocycles. The monoisotopic (exact) mass is 295 g/mol. The van der Waals surface area contributed by atoms with E-state index in [0.717, 1.165) is 31.6 Å². The quantitative estimate of drug-likeness (QED) is 0.907. The minimum atomic E-state index is -3.34. The van der Waals surface area contributed by atoms with Crippen molar-refractivity contribution in [1.29, 1.82) is 0 Å². The van der Waals surface area contributed by atoms with Crippen LogP contribution in [0, 0.1) is 5.92 Å². The highest BCUT2D eigenvalue weighted by Gasteiger charge is 2.37. The summed E-state index contributed by atoms with van der Waals surface area (Å²) in [6.45, 7) is 3.76. The Morgan fingerprint density at radius 2 is 2.00 bits per heavy atom. The van der Waals surface area contributed by atoms with Gasteiger partial charge in [-0.25, -0.2) is 0 Å². The van der Waals surface area contributed by atoms with Gasteiger partial charge in [-0.3, -0.25) is 4.31 Å². The molecule has 2 aliphatic rings. The van der Waals surface area contributed by atoms with Crippen molar-refractivity contribution in [2.45, 2.75) is 12.8 Å². The van der Waals surface area contributed by atoms with Gasteiger partial charge < -0.3 is 5.32 Å². The Hall–Kier alpha value is -1.11. The Labute approximate surface area is 120 Å². The van der Waals surface area contributed by atoms with Crippen LogP contribution in [0.15, 0.2) is 30.3 Å². The summed E-state index contributed by atoms with van der Waals surface area (Å²) >= 11 is 0. The molecule has 1 atom stereocenters. The van der Waals surface area contributed by atoms with Crippen LogP contribution >= 0.6 is 0 Å². The van der Waals surface area contributed by atoms with Crippen molar-refractivity contribution in [2.75, 3.05) is 37.0 Å². The summed E-state index contributed by atoms with van der Waals surface area (Å²) in [5, 5.41) is 3.34. The van der Waals surface area contributed by atoms with Gasteiger partial charge in [-0.2, -0.15) is 12.7 Å². The van der Waals surface area contributed by atoms with Gasteiger partial charge in [-0.15, -0.1) is 0 Å². The van der Waals surface area contributed by atoms with Gasteiger partial charge >= 0.3 is 10.2 Å². The first-order valence-electron chi connectivity index (χ1n) is 7.21. The maximum atomic E-state index is 12.6. The molecule has 2 fully saturated rings. The van der Waals surface area contributed by atoms with E-state index in [1.807, 2.05) is 30.3 Å². The Morgan fingerprint density at radius 1 is 1.20 bits per heavy atom.